The lowest BCUT2D eigenvalue weighted by atomic mass is 10.1. The quantitative estimate of drug-likeness (QED) is 0.0200. The average Bonchev–Trinajstić information content (AvgIpc) is 3.21. The SMILES string of the molecule is CC/C=C/C=C/C=C/CCCCCCCCCC(=O)OC(COCCC(C(=O)[O-])[N+](C)(C)C)COC(=O)CCCC/C=C/C/C=C/C/C=C/C/C=C/C/C=C/C/C=C/CC. The molecule has 0 saturated carbocycles. The summed E-state index contributed by atoms with van der Waals surface area (Å²) in [6.07, 6.45) is 56.9. The number of aliphatic carboxylic acids is 1. The first-order valence-electron chi connectivity index (χ1n) is 22.9. The van der Waals surface area contributed by atoms with Gasteiger partial charge >= 0.3 is 11.9 Å². The van der Waals surface area contributed by atoms with Crippen molar-refractivity contribution in [2.75, 3.05) is 41.0 Å². The molecule has 0 fully saturated rings. The van der Waals surface area contributed by atoms with E-state index >= 15 is 0 Å². The number of carboxylic acids is 1. The molecule has 0 aromatic heterocycles. The zero-order valence-electron chi connectivity index (χ0n) is 38.3. The Morgan fingerprint density at radius 2 is 0.967 bits per heavy atom. The van der Waals surface area contributed by atoms with Gasteiger partial charge in [0.1, 0.15) is 12.6 Å². The Bertz CT molecular complexity index is 1340. The summed E-state index contributed by atoms with van der Waals surface area (Å²) in [7, 11) is 5.38. The van der Waals surface area contributed by atoms with Crippen molar-refractivity contribution in [1.82, 2.24) is 0 Å². The van der Waals surface area contributed by atoms with Crippen LogP contribution in [0.4, 0.5) is 0 Å². The number of quaternary nitrogens is 1. The van der Waals surface area contributed by atoms with Crippen LogP contribution in [-0.2, 0) is 28.6 Å². The number of nitrogens with zero attached hydrogens (tertiary/aromatic N) is 1. The van der Waals surface area contributed by atoms with Crippen molar-refractivity contribution in [1.29, 1.82) is 0 Å². The second-order valence-corrected chi connectivity index (χ2v) is 15.9. The van der Waals surface area contributed by atoms with Crippen LogP contribution in [0.15, 0.2) is 109 Å². The van der Waals surface area contributed by atoms with Gasteiger partial charge in [-0.05, 0) is 83.5 Å². The Morgan fingerprint density at radius 3 is 1.52 bits per heavy atom. The summed E-state index contributed by atoms with van der Waals surface area (Å²) in [6, 6.07) is -0.742. The summed E-state index contributed by atoms with van der Waals surface area (Å²) in [4.78, 5) is 36.9. The normalized spacial score (nSPS) is 13.9. The van der Waals surface area contributed by atoms with Crippen molar-refractivity contribution in [2.24, 2.45) is 0 Å². The second-order valence-electron chi connectivity index (χ2n) is 15.9. The summed E-state index contributed by atoms with van der Waals surface area (Å²) in [5.41, 5.74) is 0. The van der Waals surface area contributed by atoms with Gasteiger partial charge in [-0.15, -0.1) is 0 Å². The second kappa shape index (κ2) is 41.7. The highest BCUT2D eigenvalue weighted by Gasteiger charge is 2.25. The van der Waals surface area contributed by atoms with Crippen molar-refractivity contribution in [3.05, 3.63) is 109 Å². The maximum absolute atomic E-state index is 12.7. The summed E-state index contributed by atoms with van der Waals surface area (Å²) in [6.45, 7) is 4.33. The first kappa shape index (κ1) is 56.0. The van der Waals surface area contributed by atoms with Crippen molar-refractivity contribution >= 4 is 17.9 Å². The molecule has 2 atom stereocenters. The van der Waals surface area contributed by atoms with Crippen LogP contribution >= 0.6 is 0 Å². The van der Waals surface area contributed by atoms with Crippen LogP contribution < -0.4 is 5.11 Å². The lowest BCUT2D eigenvalue weighted by Crippen LogP contribution is -2.55. The van der Waals surface area contributed by atoms with Gasteiger partial charge in [0.15, 0.2) is 6.10 Å². The third-order valence-electron chi connectivity index (χ3n) is 9.47. The van der Waals surface area contributed by atoms with Gasteiger partial charge in [-0.3, -0.25) is 9.59 Å². The van der Waals surface area contributed by atoms with E-state index in [1.807, 2.05) is 0 Å². The van der Waals surface area contributed by atoms with Crippen LogP contribution in [0.3, 0.4) is 0 Å². The summed E-state index contributed by atoms with van der Waals surface area (Å²) in [5, 5.41) is 11.6. The molecule has 0 heterocycles. The molecule has 0 aliphatic heterocycles. The first-order chi connectivity index (χ1) is 29.1. The van der Waals surface area contributed by atoms with Crippen molar-refractivity contribution in [2.45, 2.75) is 161 Å². The van der Waals surface area contributed by atoms with Crippen LogP contribution in [0.1, 0.15) is 149 Å². The minimum atomic E-state index is -1.14. The third-order valence-corrected chi connectivity index (χ3v) is 9.47. The predicted octanol–water partition coefficient (Wildman–Crippen LogP) is 11.5. The molecular formula is C52H83NO7. The van der Waals surface area contributed by atoms with Gasteiger partial charge in [0.05, 0.1) is 40.3 Å². The molecule has 0 aromatic rings. The van der Waals surface area contributed by atoms with E-state index in [1.54, 1.807) is 21.1 Å². The Balaban J connectivity index is 4.43. The van der Waals surface area contributed by atoms with Gasteiger partial charge in [0, 0.05) is 19.3 Å². The highest BCUT2D eigenvalue weighted by Crippen LogP contribution is 2.13. The molecule has 0 N–H and O–H groups in total. The largest absolute Gasteiger partial charge is 0.544 e. The number of esters is 2. The van der Waals surface area contributed by atoms with Gasteiger partial charge in [-0.2, -0.15) is 0 Å². The molecule has 0 aliphatic rings. The van der Waals surface area contributed by atoms with E-state index in [9.17, 15) is 19.5 Å². The van der Waals surface area contributed by atoms with Crippen molar-refractivity contribution in [3.8, 4) is 0 Å². The van der Waals surface area contributed by atoms with Crippen LogP contribution in [0.5, 0.6) is 0 Å². The number of unbranched alkanes of at least 4 members (excludes halogenated alkanes) is 9. The number of carbonyl (C=O) groups is 3. The number of hydrogen-bond donors (Lipinski definition) is 0. The fourth-order valence-corrected chi connectivity index (χ4v) is 5.95. The maximum Gasteiger partial charge on any atom is 0.306 e. The Morgan fingerprint density at radius 1 is 0.517 bits per heavy atom. The topological polar surface area (TPSA) is 102 Å². The van der Waals surface area contributed by atoms with Crippen LogP contribution in [-0.4, -0.2) is 75.5 Å². The Labute approximate surface area is 366 Å². The fourth-order valence-electron chi connectivity index (χ4n) is 5.95. The van der Waals surface area contributed by atoms with Gasteiger partial charge in [0.2, 0.25) is 0 Å². The molecule has 0 aromatic carbocycles. The van der Waals surface area contributed by atoms with E-state index < -0.39 is 18.1 Å². The zero-order valence-corrected chi connectivity index (χ0v) is 38.3. The number of likely N-dealkylation sites (N-methyl/N-ethyl adjacent to an activating group) is 1. The van der Waals surface area contributed by atoms with Gasteiger partial charge in [-0.1, -0.05) is 155 Å². The summed E-state index contributed by atoms with van der Waals surface area (Å²) >= 11 is 0. The number of carboxylic acid groups (broad SMARTS) is 1. The molecule has 0 rings (SSSR count). The molecule has 8 nitrogen and oxygen atoms in total. The molecule has 0 saturated heterocycles. The van der Waals surface area contributed by atoms with Crippen LogP contribution in [0, 0.1) is 0 Å². The molecule has 60 heavy (non-hydrogen) atoms. The van der Waals surface area contributed by atoms with E-state index in [2.05, 4.69) is 123 Å². The molecule has 8 heteroatoms. The van der Waals surface area contributed by atoms with Gasteiger partial charge in [-0.25, -0.2) is 0 Å². The summed E-state index contributed by atoms with van der Waals surface area (Å²) < 4.78 is 17.1. The number of rotatable bonds is 39. The van der Waals surface area contributed by atoms with E-state index in [1.165, 1.54) is 19.3 Å². The molecular weight excluding hydrogens is 751 g/mol. The summed E-state index contributed by atoms with van der Waals surface area (Å²) in [5.74, 6) is -1.82. The van der Waals surface area contributed by atoms with Gasteiger partial charge < -0.3 is 28.6 Å². The Hall–Kier alpha value is -4.01. The molecule has 0 bridgehead atoms. The zero-order chi connectivity index (χ0) is 44.2. The van der Waals surface area contributed by atoms with Gasteiger partial charge in [0.25, 0.3) is 0 Å². The monoisotopic (exact) mass is 834 g/mol. The smallest absolute Gasteiger partial charge is 0.306 e. The molecule has 338 valence electrons. The first-order valence-corrected chi connectivity index (χ1v) is 22.9. The molecule has 0 amide bonds. The van der Waals surface area contributed by atoms with Crippen LogP contribution in [0.25, 0.3) is 0 Å². The number of carbonyl (C=O) groups excluding carboxylic acids is 3. The maximum atomic E-state index is 12.7. The number of allylic oxidation sites excluding steroid dienone is 18. The van der Waals surface area contributed by atoms with Crippen molar-refractivity contribution in [3.63, 3.8) is 0 Å². The molecule has 0 spiro atoms. The van der Waals surface area contributed by atoms with Crippen molar-refractivity contribution < 1.29 is 38.2 Å². The van der Waals surface area contributed by atoms with E-state index in [4.69, 9.17) is 14.2 Å². The lowest BCUT2D eigenvalue weighted by molar-refractivity contribution is -0.889. The number of ether oxygens (including phenoxy) is 3. The predicted molar refractivity (Wildman–Crippen MR) is 249 cm³/mol. The fraction of sp³-hybridized carbons (Fsp3) is 0.596. The minimum Gasteiger partial charge on any atom is -0.544 e. The standard InChI is InChI=1S/C52H83NO7/c1-6-8-10-12-14-16-18-20-22-23-24-25-26-27-29-30-32-34-36-38-40-42-50(54)59-47-48(46-58-45-44-49(52(56)57)53(3,4)5)60-51(55)43-41-39-37-35-33-31-28-21-19-17-15-13-11-9-7-2/h8-11,13-17,19-20,22,24-25,27,29,32,34,48-49H,6-7,12,18,21,23,26,28,30-31,33,35-47H2,1-5H3/b10-8+,11-9+,15-13+,16-14+,19-17+,22-20+,25-24+,29-27+,34-32+. The molecule has 0 aliphatic carbocycles. The lowest BCUT2D eigenvalue weighted by Gasteiger charge is -2.34. The number of hydrogen-bond acceptors (Lipinski definition) is 7. The minimum absolute atomic E-state index is 0.0139. The Kier molecular flexibility index (Phi) is 38.9. The average molecular weight is 834 g/mol. The molecule has 0 radical (unpaired) electrons. The highest BCUT2D eigenvalue weighted by atomic mass is 16.6. The highest BCUT2D eigenvalue weighted by molar-refractivity contribution is 5.70. The van der Waals surface area contributed by atoms with E-state index in [0.29, 0.717) is 12.8 Å². The van der Waals surface area contributed by atoms with E-state index in [-0.39, 0.29) is 49.1 Å². The van der Waals surface area contributed by atoms with E-state index in [0.717, 1.165) is 89.9 Å². The third kappa shape index (κ3) is 39.5. The van der Waals surface area contributed by atoms with Crippen LogP contribution in [0.2, 0.25) is 0 Å². The molecule has 2 unspecified atom stereocenters.